The topological polar surface area (TPSA) is 17.2 Å². The summed E-state index contributed by atoms with van der Waals surface area (Å²) in [4.78, 5) is 8.23. The molecule has 3 aromatic carbocycles. The predicted octanol–water partition coefficient (Wildman–Crippen LogP) is 7.56. The number of pyridine rings is 1. The number of aromatic nitrogens is 1. The van der Waals surface area contributed by atoms with Crippen molar-refractivity contribution in [1.82, 2.24) is 4.98 Å². The summed E-state index contributed by atoms with van der Waals surface area (Å²) >= 11 is 0. The average Bonchev–Trinajstić information content (AvgIpc) is 2.79. The van der Waals surface area contributed by atoms with Crippen LogP contribution < -0.4 is 0 Å². The van der Waals surface area contributed by atoms with E-state index >= 15 is 0 Å². The van der Waals surface area contributed by atoms with Crippen molar-refractivity contribution in [3.05, 3.63) is 107 Å². The van der Waals surface area contributed by atoms with E-state index in [0.29, 0.717) is 16.8 Å². The van der Waals surface area contributed by atoms with E-state index in [2.05, 4.69) is 4.85 Å². The minimum atomic E-state index is -2.21. The zero-order valence-electron chi connectivity index (χ0n) is 19.4. The fourth-order valence-electron chi connectivity index (χ4n) is 3.53. The Balaban J connectivity index is 1.82. The summed E-state index contributed by atoms with van der Waals surface area (Å²) in [6, 6.07) is 22.6. The number of benzene rings is 3. The van der Waals surface area contributed by atoms with Gasteiger partial charge in [-0.05, 0) is 72.3 Å². The highest BCUT2D eigenvalue weighted by atomic mass is 14.7. The second kappa shape index (κ2) is 7.73. The molecule has 0 atom stereocenters. The Labute approximate surface area is 176 Å². The lowest BCUT2D eigenvalue weighted by Crippen LogP contribution is -1.92. The highest BCUT2D eigenvalue weighted by molar-refractivity contribution is 5.78. The summed E-state index contributed by atoms with van der Waals surface area (Å²) in [5, 5.41) is 0. The summed E-state index contributed by atoms with van der Waals surface area (Å²) in [5.74, 6) is 0. The fourth-order valence-corrected chi connectivity index (χ4v) is 3.53. The van der Waals surface area contributed by atoms with Gasteiger partial charge in [0.15, 0.2) is 5.69 Å². The monoisotopic (exact) mass is 377 g/mol. The number of rotatable bonds is 3. The van der Waals surface area contributed by atoms with Gasteiger partial charge in [0.25, 0.3) is 0 Å². The smallest absolute Gasteiger partial charge is 0.187 e. The molecule has 2 heteroatoms. The molecule has 0 aliphatic rings. The van der Waals surface area contributed by atoms with Gasteiger partial charge in [-0.25, -0.2) is 4.85 Å². The van der Waals surface area contributed by atoms with Gasteiger partial charge in [0.05, 0.1) is 12.3 Å². The Morgan fingerprint density at radius 1 is 0.759 bits per heavy atom. The van der Waals surface area contributed by atoms with Crippen LogP contribution in [0.4, 0.5) is 5.69 Å². The van der Waals surface area contributed by atoms with E-state index in [1.165, 1.54) is 0 Å². The van der Waals surface area contributed by atoms with Gasteiger partial charge in [0, 0.05) is 21.4 Å². The van der Waals surface area contributed by atoms with Crippen LogP contribution in [0.15, 0.2) is 79.0 Å². The van der Waals surface area contributed by atoms with Crippen LogP contribution in [0.25, 0.3) is 38.4 Å². The molecular formula is C27H22N2. The second-order valence-corrected chi connectivity index (χ2v) is 7.12. The molecule has 2 nitrogen and oxygen atoms in total. The Morgan fingerprint density at radius 2 is 1.55 bits per heavy atom. The van der Waals surface area contributed by atoms with Crippen LogP contribution in [0.2, 0.25) is 0 Å². The van der Waals surface area contributed by atoms with Gasteiger partial charge < -0.3 is 0 Å². The van der Waals surface area contributed by atoms with Gasteiger partial charge in [0.1, 0.15) is 0 Å². The molecule has 4 rings (SSSR count). The first-order valence-electron chi connectivity index (χ1n) is 10.9. The van der Waals surface area contributed by atoms with Gasteiger partial charge in [-0.2, -0.15) is 0 Å². The summed E-state index contributed by atoms with van der Waals surface area (Å²) in [6.07, 6.45) is 1.83. The lowest BCUT2D eigenvalue weighted by molar-refractivity contribution is 1.28. The van der Waals surface area contributed by atoms with Crippen LogP contribution in [0.3, 0.4) is 0 Å². The molecular weight excluding hydrogens is 352 g/mol. The lowest BCUT2D eigenvalue weighted by Gasteiger charge is -2.13. The summed E-state index contributed by atoms with van der Waals surface area (Å²) in [6.45, 7) is 9.14. The van der Waals surface area contributed by atoms with Crippen molar-refractivity contribution in [2.75, 3.05) is 0 Å². The van der Waals surface area contributed by atoms with Gasteiger partial charge in [-0.3, -0.25) is 4.98 Å². The Hall–Kier alpha value is -3.70. The predicted molar refractivity (Wildman–Crippen MR) is 121 cm³/mol. The van der Waals surface area contributed by atoms with Gasteiger partial charge in [-0.15, -0.1) is 0 Å². The summed E-state index contributed by atoms with van der Waals surface area (Å²) < 4.78 is 23.8. The van der Waals surface area contributed by atoms with Crippen molar-refractivity contribution >= 4 is 5.69 Å². The molecule has 0 saturated carbocycles. The van der Waals surface area contributed by atoms with Crippen LogP contribution in [-0.4, -0.2) is 4.98 Å². The zero-order valence-corrected chi connectivity index (χ0v) is 16.4. The third-order valence-corrected chi connectivity index (χ3v) is 5.15. The molecule has 0 saturated heterocycles. The van der Waals surface area contributed by atoms with Crippen LogP contribution in [0, 0.1) is 27.3 Å². The zero-order chi connectivity index (χ0) is 22.9. The standard InChI is InChI=1S/C27H22N2/c1-18-10-12-22(15-24(18)21-8-6-5-7-9-21)27-14-20(3)26(17-29-27)25-16-23(28-4)13-11-19(25)2/h5-17H,1-3H3/i1D3. The van der Waals surface area contributed by atoms with Crippen LogP contribution in [0.1, 0.15) is 20.8 Å². The summed E-state index contributed by atoms with van der Waals surface area (Å²) in [5.41, 5.74) is 8.22. The molecule has 0 bridgehead atoms. The molecule has 0 spiro atoms. The Bertz CT molecular complexity index is 1330. The molecule has 1 aromatic heterocycles. The largest absolute Gasteiger partial charge is 0.256 e. The SMILES string of the molecule is [2H]C([2H])([2H])c1ccc(-c2cc(C)c(-c3cc([N+]#[C-])ccc3C)cn2)cc1-c1ccccc1. The van der Waals surface area contributed by atoms with Crippen LogP contribution >= 0.6 is 0 Å². The highest BCUT2D eigenvalue weighted by Gasteiger charge is 2.11. The molecule has 0 amide bonds. The van der Waals surface area contributed by atoms with Crippen molar-refractivity contribution in [1.29, 1.82) is 0 Å². The molecule has 0 radical (unpaired) electrons. The van der Waals surface area contributed by atoms with E-state index in [-0.39, 0.29) is 0 Å². The van der Waals surface area contributed by atoms with Crippen molar-refractivity contribution in [2.45, 2.75) is 20.7 Å². The van der Waals surface area contributed by atoms with E-state index in [0.717, 1.165) is 39.1 Å². The third-order valence-electron chi connectivity index (χ3n) is 5.15. The molecule has 4 aromatic rings. The van der Waals surface area contributed by atoms with Gasteiger partial charge in [0.2, 0.25) is 0 Å². The molecule has 0 N–H and O–H groups in total. The van der Waals surface area contributed by atoms with Gasteiger partial charge in [-0.1, -0.05) is 54.6 Å². The first-order valence-corrected chi connectivity index (χ1v) is 9.43. The van der Waals surface area contributed by atoms with Crippen molar-refractivity contribution < 1.29 is 4.11 Å². The molecule has 1 heterocycles. The van der Waals surface area contributed by atoms with E-state index in [9.17, 15) is 0 Å². The van der Waals surface area contributed by atoms with Gasteiger partial charge >= 0.3 is 0 Å². The maximum absolute atomic E-state index is 7.95. The Morgan fingerprint density at radius 3 is 2.28 bits per heavy atom. The maximum Gasteiger partial charge on any atom is 0.187 e. The molecule has 0 aliphatic heterocycles. The van der Waals surface area contributed by atoms with E-state index < -0.39 is 6.85 Å². The lowest BCUT2D eigenvalue weighted by atomic mass is 9.94. The van der Waals surface area contributed by atoms with Crippen LogP contribution in [0.5, 0.6) is 0 Å². The number of hydrogen-bond donors (Lipinski definition) is 0. The molecule has 29 heavy (non-hydrogen) atoms. The Kier molecular flexibility index (Phi) is 4.07. The van der Waals surface area contributed by atoms with Crippen LogP contribution in [-0.2, 0) is 0 Å². The molecule has 140 valence electrons. The quantitative estimate of drug-likeness (QED) is 0.337. The molecule has 0 aliphatic carbocycles. The minimum Gasteiger partial charge on any atom is -0.256 e. The van der Waals surface area contributed by atoms with Crippen molar-refractivity contribution in [3.8, 4) is 33.5 Å². The number of aryl methyl sites for hydroxylation is 3. The first kappa shape index (κ1) is 15.2. The first-order chi connectivity index (χ1) is 15.3. The van der Waals surface area contributed by atoms with Crippen molar-refractivity contribution in [3.63, 3.8) is 0 Å². The second-order valence-electron chi connectivity index (χ2n) is 7.12. The molecule has 0 fully saturated rings. The average molecular weight is 378 g/mol. The third kappa shape index (κ3) is 3.68. The fraction of sp³-hybridized carbons (Fsp3) is 0.111. The number of nitrogens with zero attached hydrogens (tertiary/aromatic N) is 2. The number of hydrogen-bond acceptors (Lipinski definition) is 1. The van der Waals surface area contributed by atoms with E-state index in [4.69, 9.17) is 15.7 Å². The van der Waals surface area contributed by atoms with Crippen molar-refractivity contribution in [2.24, 2.45) is 0 Å². The maximum atomic E-state index is 7.95. The van der Waals surface area contributed by atoms with E-state index in [1.807, 2.05) is 86.8 Å². The highest BCUT2D eigenvalue weighted by Crippen LogP contribution is 2.33. The normalized spacial score (nSPS) is 12.5. The minimum absolute atomic E-state index is 0.326. The molecule has 0 unspecified atom stereocenters. The van der Waals surface area contributed by atoms with E-state index in [1.54, 1.807) is 6.07 Å². The summed E-state index contributed by atoms with van der Waals surface area (Å²) in [7, 11) is 0.